The molecule has 0 radical (unpaired) electrons. The molecule has 8 atom stereocenters. The molecule has 4 rings (SSSR count). The van der Waals surface area contributed by atoms with Crippen LogP contribution in [0.2, 0.25) is 0 Å². The monoisotopic (exact) mass is 428 g/mol. The lowest BCUT2D eigenvalue weighted by Crippen LogP contribution is -2.51. The number of fused-ring (bicyclic) bond motifs is 5. The summed E-state index contributed by atoms with van der Waals surface area (Å²) in [5.41, 5.74) is 2.53. The highest BCUT2D eigenvalue weighted by Crippen LogP contribution is 2.67. The third-order valence-corrected chi connectivity index (χ3v) is 10.6. The van der Waals surface area contributed by atoms with Gasteiger partial charge in [0.05, 0.1) is 0 Å². The van der Waals surface area contributed by atoms with Gasteiger partial charge in [-0.05, 0) is 91.3 Å². The van der Waals surface area contributed by atoms with Crippen molar-refractivity contribution in [1.82, 2.24) is 0 Å². The van der Waals surface area contributed by atoms with Crippen LogP contribution in [0.5, 0.6) is 0 Å². The average Bonchev–Trinajstić information content (AvgIpc) is 3.05. The number of carbonyl (C=O) groups excluding carboxylic acids is 1. The van der Waals surface area contributed by atoms with Crippen molar-refractivity contribution in [3.63, 3.8) is 0 Å². The van der Waals surface area contributed by atoms with Crippen molar-refractivity contribution in [1.29, 1.82) is 0 Å². The highest BCUT2D eigenvalue weighted by Gasteiger charge is 2.59. The standard InChI is InChI=1S/C29H48O2/c1-19(2)8-7-9-20(3)25-12-13-26-24-11-10-22-18-23(31-21(4)30)14-16-28(22,5)27(24)15-17-29(25,26)6/h10,19-20,23-27H,7-9,11-18H2,1-6H3/t20-,23+,24+,25-,26+,27+,28+,29?/m1/s1. The van der Waals surface area contributed by atoms with Gasteiger partial charge in [-0.15, -0.1) is 0 Å². The molecule has 3 fully saturated rings. The molecule has 0 bridgehead atoms. The van der Waals surface area contributed by atoms with Crippen molar-refractivity contribution in [3.05, 3.63) is 11.6 Å². The Labute approximate surface area is 192 Å². The van der Waals surface area contributed by atoms with E-state index in [1.165, 1.54) is 57.8 Å². The lowest BCUT2D eigenvalue weighted by Gasteiger charge is -2.58. The Morgan fingerprint density at radius 3 is 2.55 bits per heavy atom. The summed E-state index contributed by atoms with van der Waals surface area (Å²) >= 11 is 0. The van der Waals surface area contributed by atoms with Gasteiger partial charge in [0.25, 0.3) is 0 Å². The zero-order valence-corrected chi connectivity index (χ0v) is 21.2. The molecule has 0 N–H and O–H groups in total. The fourth-order valence-electron chi connectivity index (χ4n) is 8.99. The third kappa shape index (κ3) is 4.26. The van der Waals surface area contributed by atoms with Crippen LogP contribution in [0, 0.1) is 46.3 Å². The lowest BCUT2D eigenvalue weighted by atomic mass is 9.47. The van der Waals surface area contributed by atoms with Gasteiger partial charge in [0.15, 0.2) is 0 Å². The Morgan fingerprint density at radius 2 is 1.84 bits per heavy atom. The van der Waals surface area contributed by atoms with E-state index in [0.29, 0.717) is 10.8 Å². The van der Waals surface area contributed by atoms with Gasteiger partial charge in [0.2, 0.25) is 0 Å². The van der Waals surface area contributed by atoms with Crippen LogP contribution in [0.1, 0.15) is 112 Å². The number of hydrogen-bond donors (Lipinski definition) is 0. The fraction of sp³-hybridized carbons (Fsp3) is 0.897. The number of allylic oxidation sites excluding steroid dienone is 1. The summed E-state index contributed by atoms with van der Waals surface area (Å²) in [4.78, 5) is 11.5. The minimum Gasteiger partial charge on any atom is -0.462 e. The molecule has 0 saturated heterocycles. The van der Waals surface area contributed by atoms with Gasteiger partial charge in [0, 0.05) is 13.3 Å². The predicted octanol–water partition coefficient (Wildman–Crippen LogP) is 7.96. The molecule has 31 heavy (non-hydrogen) atoms. The van der Waals surface area contributed by atoms with Gasteiger partial charge in [0.1, 0.15) is 6.10 Å². The molecule has 2 heteroatoms. The number of rotatable bonds is 6. The normalized spacial score (nSPS) is 42.9. The summed E-state index contributed by atoms with van der Waals surface area (Å²) in [6.07, 6.45) is 17.2. The Balaban J connectivity index is 1.47. The van der Waals surface area contributed by atoms with E-state index in [4.69, 9.17) is 4.74 Å². The SMILES string of the molecule is CC(=O)O[C@H]1CC[C@@]2(C)C(=CC[C@H]3[C@@H]4CC[C@H]([C@H](C)CCCC(C)C)C4(C)CC[C@@H]32)C1. The van der Waals surface area contributed by atoms with Crippen LogP contribution in [0.15, 0.2) is 11.6 Å². The van der Waals surface area contributed by atoms with Crippen molar-refractivity contribution < 1.29 is 9.53 Å². The number of carbonyl (C=O) groups is 1. The first kappa shape index (κ1) is 23.4. The molecule has 0 amide bonds. The van der Waals surface area contributed by atoms with Crippen LogP contribution in [-0.4, -0.2) is 12.1 Å². The zero-order valence-electron chi connectivity index (χ0n) is 21.2. The first-order chi connectivity index (χ1) is 14.6. The number of ether oxygens (including phenoxy) is 1. The van der Waals surface area contributed by atoms with Gasteiger partial charge in [-0.2, -0.15) is 0 Å². The van der Waals surface area contributed by atoms with E-state index in [2.05, 4.69) is 40.7 Å². The molecule has 0 spiro atoms. The first-order valence-electron chi connectivity index (χ1n) is 13.5. The minimum absolute atomic E-state index is 0.115. The van der Waals surface area contributed by atoms with E-state index in [9.17, 15) is 4.79 Å². The molecule has 0 aliphatic heterocycles. The van der Waals surface area contributed by atoms with Crippen molar-refractivity contribution in [2.24, 2.45) is 46.3 Å². The van der Waals surface area contributed by atoms with Crippen LogP contribution in [-0.2, 0) is 9.53 Å². The molecular weight excluding hydrogens is 380 g/mol. The van der Waals surface area contributed by atoms with Crippen LogP contribution in [0.4, 0.5) is 0 Å². The van der Waals surface area contributed by atoms with E-state index < -0.39 is 0 Å². The average molecular weight is 429 g/mol. The highest BCUT2D eigenvalue weighted by molar-refractivity contribution is 5.66. The highest BCUT2D eigenvalue weighted by atomic mass is 16.5. The van der Waals surface area contributed by atoms with Gasteiger partial charge < -0.3 is 4.74 Å². The van der Waals surface area contributed by atoms with E-state index in [1.807, 2.05) is 0 Å². The summed E-state index contributed by atoms with van der Waals surface area (Å²) in [6, 6.07) is 0. The van der Waals surface area contributed by atoms with E-state index in [0.717, 1.165) is 48.3 Å². The lowest BCUT2D eigenvalue weighted by molar-refractivity contribution is -0.148. The molecule has 3 saturated carbocycles. The molecule has 4 aliphatic carbocycles. The molecule has 2 nitrogen and oxygen atoms in total. The van der Waals surface area contributed by atoms with Crippen molar-refractivity contribution in [2.75, 3.05) is 0 Å². The predicted molar refractivity (Wildman–Crippen MR) is 129 cm³/mol. The largest absolute Gasteiger partial charge is 0.462 e. The summed E-state index contributed by atoms with van der Waals surface area (Å²) in [5, 5.41) is 0. The second-order valence-electron chi connectivity index (χ2n) is 12.8. The van der Waals surface area contributed by atoms with Crippen molar-refractivity contribution in [2.45, 2.75) is 118 Å². The summed E-state index contributed by atoms with van der Waals surface area (Å²) in [5.74, 6) is 5.19. The van der Waals surface area contributed by atoms with Gasteiger partial charge >= 0.3 is 5.97 Å². The second kappa shape index (κ2) is 8.86. The maximum atomic E-state index is 11.5. The van der Waals surface area contributed by atoms with Gasteiger partial charge in [-0.1, -0.05) is 65.5 Å². The van der Waals surface area contributed by atoms with Gasteiger partial charge in [-0.25, -0.2) is 0 Å². The molecule has 0 aromatic carbocycles. The van der Waals surface area contributed by atoms with Crippen LogP contribution < -0.4 is 0 Å². The molecule has 176 valence electrons. The summed E-state index contributed by atoms with van der Waals surface area (Å²) in [7, 11) is 0. The maximum absolute atomic E-state index is 11.5. The number of esters is 1. The smallest absolute Gasteiger partial charge is 0.302 e. The minimum atomic E-state index is -0.115. The Hall–Kier alpha value is -0.790. The quantitative estimate of drug-likeness (QED) is 0.317. The zero-order chi connectivity index (χ0) is 22.4. The van der Waals surface area contributed by atoms with E-state index in [-0.39, 0.29) is 12.1 Å². The Bertz CT molecular complexity index is 693. The molecular formula is C29H48O2. The molecule has 4 aliphatic rings. The van der Waals surface area contributed by atoms with Crippen molar-refractivity contribution >= 4 is 5.97 Å². The van der Waals surface area contributed by atoms with Crippen LogP contribution in [0.25, 0.3) is 0 Å². The Morgan fingerprint density at radius 1 is 1.06 bits per heavy atom. The molecule has 1 unspecified atom stereocenters. The van der Waals surface area contributed by atoms with E-state index >= 15 is 0 Å². The fourth-order valence-corrected chi connectivity index (χ4v) is 8.99. The molecule has 0 aromatic heterocycles. The van der Waals surface area contributed by atoms with Crippen LogP contribution >= 0.6 is 0 Å². The third-order valence-electron chi connectivity index (χ3n) is 10.6. The number of hydrogen-bond acceptors (Lipinski definition) is 2. The van der Waals surface area contributed by atoms with E-state index in [1.54, 1.807) is 12.5 Å². The Kier molecular flexibility index (Phi) is 6.68. The maximum Gasteiger partial charge on any atom is 0.302 e. The van der Waals surface area contributed by atoms with Crippen LogP contribution in [0.3, 0.4) is 0 Å². The summed E-state index contributed by atoms with van der Waals surface area (Å²) in [6.45, 7) is 14.1. The van der Waals surface area contributed by atoms with Gasteiger partial charge in [-0.3, -0.25) is 4.79 Å². The second-order valence-corrected chi connectivity index (χ2v) is 12.8. The summed E-state index contributed by atoms with van der Waals surface area (Å²) < 4.78 is 5.61. The molecule has 0 heterocycles. The van der Waals surface area contributed by atoms with Crippen molar-refractivity contribution in [3.8, 4) is 0 Å². The molecule has 0 aromatic rings. The topological polar surface area (TPSA) is 26.3 Å². The first-order valence-corrected chi connectivity index (χ1v) is 13.5.